The van der Waals surface area contributed by atoms with Crippen molar-refractivity contribution < 1.29 is 19.1 Å². The summed E-state index contributed by atoms with van der Waals surface area (Å²) < 4.78 is 10.7. The molecule has 0 bridgehead atoms. The third-order valence-corrected chi connectivity index (χ3v) is 3.60. The molecule has 0 unspecified atom stereocenters. The fraction of sp³-hybridized carbons (Fsp3) is 0.474. The third kappa shape index (κ3) is 5.55. The van der Waals surface area contributed by atoms with Gasteiger partial charge in [-0.15, -0.1) is 0 Å². The molecule has 23 heavy (non-hydrogen) atoms. The van der Waals surface area contributed by atoms with Gasteiger partial charge in [-0.2, -0.15) is 0 Å². The van der Waals surface area contributed by atoms with Gasteiger partial charge in [0.15, 0.2) is 0 Å². The lowest BCUT2D eigenvalue weighted by atomic mass is 10.0. The van der Waals surface area contributed by atoms with Gasteiger partial charge >= 0.3 is 11.9 Å². The van der Waals surface area contributed by atoms with Gasteiger partial charge < -0.3 is 9.47 Å². The zero-order chi connectivity index (χ0) is 17.6. The summed E-state index contributed by atoms with van der Waals surface area (Å²) in [7, 11) is 0. The minimum atomic E-state index is -0.304. The van der Waals surface area contributed by atoms with E-state index < -0.39 is 0 Å². The van der Waals surface area contributed by atoms with Crippen molar-refractivity contribution in [1.29, 1.82) is 0 Å². The first-order chi connectivity index (χ1) is 10.8. The maximum Gasteiger partial charge on any atom is 0.313 e. The maximum atomic E-state index is 11.9. The fourth-order valence-electron chi connectivity index (χ4n) is 1.78. The number of rotatable bonds is 7. The summed E-state index contributed by atoms with van der Waals surface area (Å²) in [6.45, 7) is 13.3. The van der Waals surface area contributed by atoms with E-state index in [1.807, 2.05) is 32.9 Å². The van der Waals surface area contributed by atoms with Gasteiger partial charge in [0.2, 0.25) is 0 Å². The van der Waals surface area contributed by atoms with Crippen molar-refractivity contribution in [1.82, 2.24) is 0 Å². The van der Waals surface area contributed by atoms with E-state index in [1.54, 1.807) is 19.9 Å². The summed E-state index contributed by atoms with van der Waals surface area (Å²) in [5, 5.41) is 0. The monoisotopic (exact) mass is 318 g/mol. The number of benzene rings is 1. The predicted octanol–water partition coefficient (Wildman–Crippen LogP) is 4.16. The smallest absolute Gasteiger partial charge is 0.313 e. The standard InChI is InChI=1S/C19H26O4/c1-7-14(5)19(21)22-11-15(6)16-9-8-13(4)10-17(16)23-18(20)12(2)3/h8-10,12,14H,6-7,11H2,1-5H3/t14-/m1/s1. The summed E-state index contributed by atoms with van der Waals surface area (Å²) in [5.41, 5.74) is 2.26. The molecule has 0 aliphatic heterocycles. The van der Waals surface area contributed by atoms with Crippen LogP contribution in [0.1, 0.15) is 45.2 Å². The quantitative estimate of drug-likeness (QED) is 0.559. The largest absolute Gasteiger partial charge is 0.461 e. The minimum absolute atomic E-state index is 0.0818. The molecular formula is C19H26O4. The summed E-state index contributed by atoms with van der Waals surface area (Å²) in [6.07, 6.45) is 0.729. The Hall–Kier alpha value is -2.10. The van der Waals surface area contributed by atoms with Crippen LogP contribution in [0.15, 0.2) is 24.8 Å². The normalized spacial score (nSPS) is 11.9. The number of hydrogen-bond acceptors (Lipinski definition) is 4. The number of ether oxygens (including phenoxy) is 2. The molecule has 1 rings (SSSR count). The lowest BCUT2D eigenvalue weighted by Gasteiger charge is -2.15. The first-order valence-electron chi connectivity index (χ1n) is 7.93. The van der Waals surface area contributed by atoms with Crippen LogP contribution in [0.2, 0.25) is 0 Å². The van der Waals surface area contributed by atoms with Crippen LogP contribution in [0.3, 0.4) is 0 Å². The molecule has 0 aromatic heterocycles. The minimum Gasteiger partial charge on any atom is -0.461 e. The lowest BCUT2D eigenvalue weighted by molar-refractivity contribution is -0.146. The molecule has 0 saturated carbocycles. The maximum absolute atomic E-state index is 11.9. The summed E-state index contributed by atoms with van der Waals surface area (Å²) in [5.74, 6) is -0.463. The second-order valence-electron chi connectivity index (χ2n) is 6.10. The Kier molecular flexibility index (Phi) is 7.01. The van der Waals surface area contributed by atoms with Crippen molar-refractivity contribution in [2.75, 3.05) is 6.61 Å². The molecule has 1 aromatic rings. The van der Waals surface area contributed by atoms with Gasteiger partial charge in [-0.05, 0) is 30.5 Å². The fourth-order valence-corrected chi connectivity index (χ4v) is 1.78. The molecule has 4 nitrogen and oxygen atoms in total. The molecule has 0 heterocycles. The van der Waals surface area contributed by atoms with Crippen molar-refractivity contribution >= 4 is 17.5 Å². The van der Waals surface area contributed by atoms with Crippen LogP contribution in [0.25, 0.3) is 5.57 Å². The first-order valence-corrected chi connectivity index (χ1v) is 7.93. The van der Waals surface area contributed by atoms with Crippen molar-refractivity contribution in [3.63, 3.8) is 0 Å². The molecule has 4 heteroatoms. The summed E-state index contributed by atoms with van der Waals surface area (Å²) >= 11 is 0. The van der Waals surface area contributed by atoms with E-state index in [0.717, 1.165) is 12.0 Å². The van der Waals surface area contributed by atoms with Crippen LogP contribution < -0.4 is 4.74 Å². The molecule has 0 radical (unpaired) electrons. The summed E-state index contributed by atoms with van der Waals surface area (Å²) in [6, 6.07) is 5.53. The van der Waals surface area contributed by atoms with Crippen molar-refractivity contribution in [2.24, 2.45) is 11.8 Å². The van der Waals surface area contributed by atoms with E-state index in [-0.39, 0.29) is 30.4 Å². The average molecular weight is 318 g/mol. The van der Waals surface area contributed by atoms with E-state index in [0.29, 0.717) is 16.9 Å². The van der Waals surface area contributed by atoms with Gasteiger partial charge in [0.1, 0.15) is 12.4 Å². The number of carbonyl (C=O) groups excluding carboxylic acids is 2. The van der Waals surface area contributed by atoms with Crippen molar-refractivity contribution in [3.05, 3.63) is 35.9 Å². The van der Waals surface area contributed by atoms with E-state index in [9.17, 15) is 9.59 Å². The van der Waals surface area contributed by atoms with Crippen LogP contribution in [-0.2, 0) is 14.3 Å². The Morgan fingerprint density at radius 1 is 1.17 bits per heavy atom. The van der Waals surface area contributed by atoms with E-state index in [1.165, 1.54) is 0 Å². The number of carbonyl (C=O) groups is 2. The molecule has 0 fully saturated rings. The van der Waals surface area contributed by atoms with Gasteiger partial charge in [-0.1, -0.05) is 46.4 Å². The SMILES string of the molecule is C=C(COC(=O)[C@H](C)CC)c1ccc(C)cc1OC(=O)C(C)C. The predicted molar refractivity (Wildman–Crippen MR) is 91.1 cm³/mol. The van der Waals surface area contributed by atoms with Crippen LogP contribution in [0.5, 0.6) is 5.75 Å². The molecule has 0 N–H and O–H groups in total. The topological polar surface area (TPSA) is 52.6 Å². The van der Waals surface area contributed by atoms with Crippen molar-refractivity contribution in [2.45, 2.75) is 41.0 Å². The van der Waals surface area contributed by atoms with Gasteiger partial charge in [0.25, 0.3) is 0 Å². The number of esters is 2. The van der Waals surface area contributed by atoms with Gasteiger partial charge in [0.05, 0.1) is 11.8 Å². The molecule has 0 amide bonds. The van der Waals surface area contributed by atoms with Gasteiger partial charge in [-0.25, -0.2) is 0 Å². The highest BCUT2D eigenvalue weighted by Crippen LogP contribution is 2.27. The Labute approximate surface area is 138 Å². The first kappa shape index (κ1) is 18.9. The summed E-state index contributed by atoms with van der Waals surface area (Å²) in [4.78, 5) is 23.6. The molecule has 0 saturated heterocycles. The van der Waals surface area contributed by atoms with Crippen LogP contribution in [0, 0.1) is 18.8 Å². The Morgan fingerprint density at radius 3 is 2.39 bits per heavy atom. The molecule has 0 spiro atoms. The molecule has 0 aliphatic carbocycles. The third-order valence-electron chi connectivity index (χ3n) is 3.60. The van der Waals surface area contributed by atoms with Crippen LogP contribution in [-0.4, -0.2) is 18.5 Å². The highest BCUT2D eigenvalue weighted by Gasteiger charge is 2.17. The Morgan fingerprint density at radius 2 is 1.83 bits per heavy atom. The van der Waals surface area contributed by atoms with Gasteiger partial charge in [0, 0.05) is 5.56 Å². The van der Waals surface area contributed by atoms with E-state index in [4.69, 9.17) is 9.47 Å². The lowest BCUT2D eigenvalue weighted by Crippen LogP contribution is -2.17. The molecular weight excluding hydrogens is 292 g/mol. The molecule has 1 aromatic carbocycles. The molecule has 126 valence electrons. The average Bonchev–Trinajstić information content (AvgIpc) is 2.51. The second-order valence-corrected chi connectivity index (χ2v) is 6.10. The van der Waals surface area contributed by atoms with Crippen molar-refractivity contribution in [3.8, 4) is 5.75 Å². The zero-order valence-electron chi connectivity index (χ0n) is 14.6. The molecule has 0 aliphatic rings. The second kappa shape index (κ2) is 8.51. The Balaban J connectivity index is 2.88. The van der Waals surface area contributed by atoms with E-state index in [2.05, 4.69) is 6.58 Å². The zero-order valence-corrected chi connectivity index (χ0v) is 14.6. The Bertz CT molecular complexity index is 587. The van der Waals surface area contributed by atoms with Crippen LogP contribution >= 0.6 is 0 Å². The van der Waals surface area contributed by atoms with E-state index >= 15 is 0 Å². The highest BCUT2D eigenvalue weighted by molar-refractivity contribution is 5.79. The number of hydrogen-bond donors (Lipinski definition) is 0. The molecule has 1 atom stereocenters. The highest BCUT2D eigenvalue weighted by atomic mass is 16.5. The number of aryl methyl sites for hydroxylation is 1. The van der Waals surface area contributed by atoms with Gasteiger partial charge in [-0.3, -0.25) is 9.59 Å². The van der Waals surface area contributed by atoms with Crippen LogP contribution in [0.4, 0.5) is 0 Å².